The van der Waals surface area contributed by atoms with Gasteiger partial charge in [0.15, 0.2) is 6.10 Å². The second-order valence-electron chi connectivity index (χ2n) is 7.66. The predicted octanol–water partition coefficient (Wildman–Crippen LogP) is 1.12. The van der Waals surface area contributed by atoms with Gasteiger partial charge in [-0.2, -0.15) is 0 Å². The second-order valence-corrected chi connectivity index (χ2v) is 7.66. The minimum Gasteiger partial charge on any atom is -0.479 e. The first-order chi connectivity index (χ1) is 12.6. The van der Waals surface area contributed by atoms with Crippen molar-refractivity contribution < 1.29 is 24.5 Å². The fraction of sp³-hybridized carbons (Fsp3) is 0.421. The number of rotatable bonds is 3. The van der Waals surface area contributed by atoms with Gasteiger partial charge in [-0.05, 0) is 23.6 Å². The van der Waals surface area contributed by atoms with Crippen molar-refractivity contribution in [3.8, 4) is 0 Å². The van der Waals surface area contributed by atoms with E-state index >= 15 is 0 Å². The van der Waals surface area contributed by atoms with Crippen molar-refractivity contribution in [3.05, 3.63) is 40.7 Å². The summed E-state index contributed by atoms with van der Waals surface area (Å²) in [5.41, 5.74) is -2.76. The lowest BCUT2D eigenvalue weighted by Crippen LogP contribution is -2.66. The van der Waals surface area contributed by atoms with Gasteiger partial charge in [-0.3, -0.25) is 9.59 Å². The highest BCUT2D eigenvalue weighted by Crippen LogP contribution is 2.37. The zero-order chi connectivity index (χ0) is 20.0. The van der Waals surface area contributed by atoms with Gasteiger partial charge in [0.05, 0.1) is 12.1 Å². The number of pyridine rings is 1. The van der Waals surface area contributed by atoms with Crippen LogP contribution in [0.2, 0.25) is 0 Å². The van der Waals surface area contributed by atoms with E-state index < -0.39 is 29.0 Å². The number of nitrogens with zero attached hydrogens (tertiary/aromatic N) is 1. The lowest BCUT2D eigenvalue weighted by molar-refractivity contribution is -0.203. The van der Waals surface area contributed by atoms with Gasteiger partial charge in [-0.15, -0.1) is 0 Å². The molecule has 1 aromatic heterocycles. The normalized spacial score (nSPS) is 20.5. The van der Waals surface area contributed by atoms with Gasteiger partial charge in [0.25, 0.3) is 5.91 Å². The first-order valence-corrected chi connectivity index (χ1v) is 8.57. The minimum atomic E-state index is -2.39. The third-order valence-electron chi connectivity index (χ3n) is 4.96. The lowest BCUT2D eigenvalue weighted by Gasteiger charge is -2.44. The molecule has 2 aromatic rings. The van der Waals surface area contributed by atoms with Crippen molar-refractivity contribution in [1.82, 2.24) is 4.98 Å². The maximum Gasteiger partial charge on any atom is 0.339 e. The third kappa shape index (κ3) is 3.11. The van der Waals surface area contributed by atoms with Crippen LogP contribution in [0, 0.1) is 5.41 Å². The molecule has 3 rings (SSSR count). The van der Waals surface area contributed by atoms with Gasteiger partial charge in [0.2, 0.25) is 11.2 Å². The van der Waals surface area contributed by atoms with Crippen molar-refractivity contribution in [1.29, 1.82) is 0 Å². The first-order valence-electron chi connectivity index (χ1n) is 8.57. The molecule has 2 atom stereocenters. The fourth-order valence-electron chi connectivity index (χ4n) is 3.27. The van der Waals surface area contributed by atoms with Crippen molar-refractivity contribution in [2.75, 3.05) is 18.1 Å². The average Bonchev–Trinajstić information content (AvgIpc) is 2.59. The number of morpholine rings is 1. The number of fused-ring (bicyclic) bond motifs is 1. The number of nitrogens with one attached hydrogen (secondary N) is 1. The molecule has 0 unspecified atom stereocenters. The fourth-order valence-corrected chi connectivity index (χ4v) is 3.27. The van der Waals surface area contributed by atoms with Gasteiger partial charge in [-0.25, -0.2) is 4.79 Å². The summed E-state index contributed by atoms with van der Waals surface area (Å²) >= 11 is 0. The van der Waals surface area contributed by atoms with Crippen LogP contribution < -0.4 is 10.5 Å². The highest BCUT2D eigenvalue weighted by Gasteiger charge is 2.58. The van der Waals surface area contributed by atoms with Crippen LogP contribution in [0.4, 0.5) is 5.69 Å². The Bertz CT molecular complexity index is 961. The topological polar surface area (TPSA) is 120 Å². The van der Waals surface area contributed by atoms with E-state index in [9.17, 15) is 24.6 Å². The second kappa shape index (κ2) is 6.47. The van der Waals surface area contributed by atoms with E-state index in [-0.39, 0.29) is 18.7 Å². The van der Waals surface area contributed by atoms with Crippen molar-refractivity contribution in [2.24, 2.45) is 5.41 Å². The van der Waals surface area contributed by atoms with Crippen molar-refractivity contribution in [3.63, 3.8) is 0 Å². The molecule has 1 amide bonds. The summed E-state index contributed by atoms with van der Waals surface area (Å²) in [5.74, 6) is -2.16. The maximum atomic E-state index is 13.0. The van der Waals surface area contributed by atoms with Gasteiger partial charge in [-0.1, -0.05) is 26.8 Å². The molecular weight excluding hydrogens is 352 g/mol. The Hall–Kier alpha value is -2.71. The Kier molecular flexibility index (Phi) is 4.57. The van der Waals surface area contributed by atoms with Crippen LogP contribution in [0.5, 0.6) is 0 Å². The monoisotopic (exact) mass is 374 g/mol. The quantitative estimate of drug-likeness (QED) is 0.741. The summed E-state index contributed by atoms with van der Waals surface area (Å²) in [6.07, 6.45) is -1.55. The predicted molar refractivity (Wildman–Crippen MR) is 98.7 cm³/mol. The molecule has 1 saturated heterocycles. The van der Waals surface area contributed by atoms with E-state index in [0.717, 1.165) is 5.39 Å². The Morgan fingerprint density at radius 3 is 2.52 bits per heavy atom. The zero-order valence-electron chi connectivity index (χ0n) is 15.4. The molecule has 0 saturated carbocycles. The van der Waals surface area contributed by atoms with E-state index in [1.165, 1.54) is 31.7 Å². The number of ether oxygens (including phenoxy) is 1. The van der Waals surface area contributed by atoms with Crippen LogP contribution in [0.3, 0.4) is 0 Å². The number of carboxylic acid groups (broad SMARTS) is 1. The number of hydrogen-bond donors (Lipinski definition) is 3. The molecule has 0 aliphatic carbocycles. The number of carbonyl (C=O) groups excluding carboxylic acids is 1. The zero-order valence-corrected chi connectivity index (χ0v) is 15.4. The van der Waals surface area contributed by atoms with Crippen molar-refractivity contribution >= 4 is 28.5 Å². The van der Waals surface area contributed by atoms with E-state index in [0.29, 0.717) is 11.2 Å². The van der Waals surface area contributed by atoms with E-state index in [1.807, 2.05) is 0 Å². The largest absolute Gasteiger partial charge is 0.479 e. The number of hydrogen-bond acceptors (Lipinski definition) is 5. The summed E-state index contributed by atoms with van der Waals surface area (Å²) in [6, 6.07) is 8.19. The van der Waals surface area contributed by atoms with Crippen LogP contribution in [0.25, 0.3) is 10.9 Å². The Labute approximate surface area is 155 Å². The molecule has 2 heterocycles. The van der Waals surface area contributed by atoms with E-state index in [1.54, 1.807) is 24.3 Å². The number of H-pyrrole nitrogens is 1. The number of aliphatic carboxylic acids is 1. The number of amides is 1. The lowest BCUT2D eigenvalue weighted by atomic mass is 9.72. The molecule has 1 aliphatic heterocycles. The number of carbonyl (C=O) groups is 2. The van der Waals surface area contributed by atoms with Gasteiger partial charge >= 0.3 is 5.97 Å². The molecule has 27 heavy (non-hydrogen) atoms. The molecule has 1 fully saturated rings. The van der Waals surface area contributed by atoms with Crippen LogP contribution in [-0.2, 0) is 14.3 Å². The molecule has 0 radical (unpaired) electrons. The number of carboxylic acids is 1. The van der Waals surface area contributed by atoms with Crippen LogP contribution >= 0.6 is 0 Å². The number of benzene rings is 1. The molecule has 0 spiro atoms. The standard InChI is InChI=1S/C19H22N2O6/c1-18(2,3)19(26,17(24)25)15-16(23)21(8-9-27-15)12-6-4-11-5-7-14(22)20-13(11)10-12/h4-7,10,15,26H,8-9H2,1-3H3,(H,20,22)(H,24,25)/t15-,19+/m0/s1. The molecule has 144 valence electrons. The first kappa shape index (κ1) is 19.1. The molecule has 1 aliphatic rings. The molecule has 1 aromatic carbocycles. The number of aromatic amines is 1. The summed E-state index contributed by atoms with van der Waals surface area (Å²) in [4.78, 5) is 40.5. The van der Waals surface area contributed by atoms with Crippen LogP contribution in [0.1, 0.15) is 20.8 Å². The van der Waals surface area contributed by atoms with E-state index in [2.05, 4.69) is 4.98 Å². The minimum absolute atomic E-state index is 0.0748. The number of aliphatic hydroxyl groups is 1. The summed E-state index contributed by atoms with van der Waals surface area (Å²) < 4.78 is 5.42. The molecule has 3 N–H and O–H groups in total. The Morgan fingerprint density at radius 1 is 1.22 bits per heavy atom. The highest BCUT2D eigenvalue weighted by molar-refractivity contribution is 6.02. The van der Waals surface area contributed by atoms with Gasteiger partial charge in [0, 0.05) is 23.7 Å². The number of aromatic nitrogens is 1. The van der Waals surface area contributed by atoms with Crippen LogP contribution in [0.15, 0.2) is 35.1 Å². The maximum absolute atomic E-state index is 13.0. The third-order valence-corrected chi connectivity index (χ3v) is 4.96. The SMILES string of the molecule is CC(C)(C)[C@](O)(C(=O)O)[C@H]1OCCN(c2ccc3ccc(=O)[nH]c3c2)C1=O. The molecule has 8 nitrogen and oxygen atoms in total. The summed E-state index contributed by atoms with van der Waals surface area (Å²) in [5, 5.41) is 21.3. The van der Waals surface area contributed by atoms with E-state index in [4.69, 9.17) is 4.74 Å². The summed E-state index contributed by atoms with van der Waals surface area (Å²) in [6.45, 7) is 4.90. The Balaban J connectivity index is 2.02. The van der Waals surface area contributed by atoms with Crippen LogP contribution in [-0.4, -0.2) is 51.9 Å². The molecule has 0 bridgehead atoms. The highest BCUT2D eigenvalue weighted by atomic mass is 16.5. The van der Waals surface area contributed by atoms with Crippen molar-refractivity contribution in [2.45, 2.75) is 32.5 Å². The Morgan fingerprint density at radius 2 is 1.89 bits per heavy atom. The molecular formula is C19H22N2O6. The molecule has 8 heteroatoms. The number of anilines is 1. The van der Waals surface area contributed by atoms with Gasteiger partial charge < -0.3 is 24.8 Å². The average molecular weight is 374 g/mol. The van der Waals surface area contributed by atoms with Gasteiger partial charge in [0.1, 0.15) is 0 Å². The summed E-state index contributed by atoms with van der Waals surface area (Å²) in [7, 11) is 0. The smallest absolute Gasteiger partial charge is 0.339 e.